The summed E-state index contributed by atoms with van der Waals surface area (Å²) in [6, 6.07) is 6.03. The van der Waals surface area contributed by atoms with Gasteiger partial charge in [-0.3, -0.25) is 4.79 Å². The Balaban J connectivity index is 1.17. The van der Waals surface area contributed by atoms with Crippen molar-refractivity contribution in [1.29, 1.82) is 0 Å². The van der Waals surface area contributed by atoms with Crippen molar-refractivity contribution in [3.63, 3.8) is 0 Å². The van der Waals surface area contributed by atoms with Crippen molar-refractivity contribution in [3.8, 4) is 5.75 Å². The van der Waals surface area contributed by atoms with Crippen molar-refractivity contribution in [3.05, 3.63) is 53.6 Å². The highest BCUT2D eigenvalue weighted by molar-refractivity contribution is 5.89. The molecule has 0 spiro atoms. The molecule has 16 heteroatoms. The average molecular weight is 873 g/mol. The topological polar surface area (TPSA) is 226 Å². The Hall–Kier alpha value is -3.45. The Labute approximate surface area is 362 Å². The molecule has 2 aliphatic heterocycles. The van der Waals surface area contributed by atoms with Gasteiger partial charge in [-0.05, 0) is 99.3 Å². The van der Waals surface area contributed by atoms with E-state index in [9.17, 15) is 39.9 Å². The first-order valence-electron chi connectivity index (χ1n) is 21.9. The molecule has 0 aromatic heterocycles. The van der Waals surface area contributed by atoms with Crippen LogP contribution in [0, 0.1) is 34.5 Å². The highest BCUT2D eigenvalue weighted by Gasteiger charge is 2.70. The molecule has 17 atom stereocenters. The van der Waals surface area contributed by atoms with Gasteiger partial charge in [0.15, 0.2) is 24.8 Å². The standard InChI is InChI=1S/C46H64O16/c1-7-8-36(51)56-21-24(2)46(54)35(20-32-30-14-11-27-19-28(48)15-17-44(27,4)31(30)16-18-45(32,46)5)60-43-40(59-25(3)47)38(34(50)23-58-43)62-42-39(37(52)33(49)22-57-42)61-41(53)26-9-12-29(55-6)13-10-26/h7-13,24,28,30-35,37-40,42-43,48-50,52,54H,14-23H2,1-6H3/b8-7-/t24-,28+,30?,31?,32?,33-,34+,35+,37+,38+,39-,40-,42+,43-,44+,45+,46-/m1/s1. The maximum atomic E-state index is 13.4. The van der Waals surface area contributed by atoms with Crippen molar-refractivity contribution in [2.45, 2.75) is 147 Å². The molecule has 16 nitrogen and oxygen atoms in total. The van der Waals surface area contributed by atoms with Crippen molar-refractivity contribution in [2.24, 2.45) is 34.5 Å². The first-order chi connectivity index (χ1) is 29.4. The van der Waals surface area contributed by atoms with Gasteiger partial charge in [-0.25, -0.2) is 9.59 Å². The quantitative estimate of drug-likeness (QED) is 0.0880. The summed E-state index contributed by atoms with van der Waals surface area (Å²) in [5.41, 5.74) is -1.00. The largest absolute Gasteiger partial charge is 0.497 e. The number of ether oxygens (including phenoxy) is 8. The van der Waals surface area contributed by atoms with Crippen LogP contribution >= 0.6 is 0 Å². The van der Waals surface area contributed by atoms with Gasteiger partial charge in [-0.2, -0.15) is 0 Å². The number of aliphatic hydroxyl groups is 5. The molecular formula is C46H64O16. The molecule has 0 bridgehead atoms. The molecule has 0 amide bonds. The Morgan fingerprint density at radius 2 is 1.60 bits per heavy atom. The van der Waals surface area contributed by atoms with E-state index in [1.165, 1.54) is 37.8 Å². The summed E-state index contributed by atoms with van der Waals surface area (Å²) in [4.78, 5) is 38.6. The van der Waals surface area contributed by atoms with Crippen LogP contribution in [0.4, 0.5) is 0 Å². The number of methoxy groups -OCH3 is 1. The van der Waals surface area contributed by atoms with Gasteiger partial charge in [0.25, 0.3) is 0 Å². The number of carbonyl (C=O) groups is 3. The lowest BCUT2D eigenvalue weighted by molar-refractivity contribution is -0.345. The second-order valence-corrected chi connectivity index (χ2v) is 18.6. The molecule has 2 heterocycles. The number of rotatable bonds is 12. The van der Waals surface area contributed by atoms with E-state index in [0.717, 1.165) is 25.7 Å². The van der Waals surface area contributed by atoms with Crippen LogP contribution in [0.1, 0.15) is 89.9 Å². The van der Waals surface area contributed by atoms with E-state index < -0.39 is 96.8 Å². The molecule has 5 fully saturated rings. The maximum absolute atomic E-state index is 13.4. The lowest BCUT2D eigenvalue weighted by atomic mass is 9.46. The van der Waals surface area contributed by atoms with Crippen LogP contribution in [0.2, 0.25) is 0 Å². The second kappa shape index (κ2) is 18.6. The maximum Gasteiger partial charge on any atom is 0.338 e. The zero-order valence-electron chi connectivity index (χ0n) is 36.4. The van der Waals surface area contributed by atoms with Crippen LogP contribution < -0.4 is 4.74 Å². The fourth-order valence-corrected chi connectivity index (χ4v) is 11.8. The molecule has 7 rings (SSSR count). The normalized spacial score (nSPS) is 42.1. The molecule has 5 N–H and O–H groups in total. The fraction of sp³-hybridized carbons (Fsp3) is 0.717. The first kappa shape index (κ1) is 46.5. The Morgan fingerprint density at radius 3 is 2.27 bits per heavy atom. The number of benzene rings is 1. The number of hydrogen-bond donors (Lipinski definition) is 5. The van der Waals surface area contributed by atoms with E-state index in [0.29, 0.717) is 30.9 Å². The van der Waals surface area contributed by atoms with Crippen molar-refractivity contribution >= 4 is 17.9 Å². The molecular weight excluding hydrogens is 808 g/mol. The van der Waals surface area contributed by atoms with Crippen LogP contribution in [0.3, 0.4) is 0 Å². The fourth-order valence-electron chi connectivity index (χ4n) is 11.8. The monoisotopic (exact) mass is 872 g/mol. The summed E-state index contributed by atoms with van der Waals surface area (Å²) in [6.45, 7) is 8.22. The lowest BCUT2D eigenvalue weighted by Crippen LogP contribution is -2.64. The van der Waals surface area contributed by atoms with Gasteiger partial charge in [0.2, 0.25) is 0 Å². The summed E-state index contributed by atoms with van der Waals surface area (Å²) in [7, 11) is 1.48. The Bertz CT molecular complexity index is 1830. The number of hydrogen-bond acceptors (Lipinski definition) is 16. The van der Waals surface area contributed by atoms with E-state index in [-0.39, 0.29) is 42.1 Å². The molecule has 1 aromatic carbocycles. The van der Waals surface area contributed by atoms with Crippen LogP contribution in [-0.2, 0) is 42.7 Å². The minimum absolute atomic E-state index is 0.0514. The second-order valence-electron chi connectivity index (χ2n) is 18.6. The number of allylic oxidation sites excluding steroid dienone is 2. The van der Waals surface area contributed by atoms with E-state index >= 15 is 0 Å². The molecule has 344 valence electrons. The molecule has 62 heavy (non-hydrogen) atoms. The molecule has 0 radical (unpaired) electrons. The third-order valence-electron chi connectivity index (χ3n) is 15.2. The molecule has 2 saturated heterocycles. The van der Waals surface area contributed by atoms with Gasteiger partial charge in [-0.15, -0.1) is 0 Å². The summed E-state index contributed by atoms with van der Waals surface area (Å²) in [5.74, 6) is -1.88. The predicted molar refractivity (Wildman–Crippen MR) is 218 cm³/mol. The van der Waals surface area contributed by atoms with Gasteiger partial charge in [0.05, 0.1) is 44.7 Å². The summed E-state index contributed by atoms with van der Waals surface area (Å²) in [5, 5.41) is 56.9. The van der Waals surface area contributed by atoms with Gasteiger partial charge in [-0.1, -0.05) is 38.5 Å². The van der Waals surface area contributed by atoms with Crippen LogP contribution in [0.5, 0.6) is 5.75 Å². The molecule has 3 unspecified atom stereocenters. The molecule has 6 aliphatic rings. The van der Waals surface area contributed by atoms with Crippen LogP contribution in [-0.4, -0.2) is 137 Å². The average Bonchev–Trinajstić information content (AvgIpc) is 3.47. The molecule has 1 aromatic rings. The zero-order valence-corrected chi connectivity index (χ0v) is 36.4. The molecule has 3 saturated carbocycles. The summed E-state index contributed by atoms with van der Waals surface area (Å²) < 4.78 is 47.2. The number of esters is 3. The van der Waals surface area contributed by atoms with E-state index in [2.05, 4.69) is 19.9 Å². The van der Waals surface area contributed by atoms with Gasteiger partial charge in [0.1, 0.15) is 35.8 Å². The Morgan fingerprint density at radius 1 is 0.903 bits per heavy atom. The highest BCUT2D eigenvalue weighted by Crippen LogP contribution is 2.69. The van der Waals surface area contributed by atoms with Crippen LogP contribution in [0.15, 0.2) is 48.1 Å². The highest BCUT2D eigenvalue weighted by atomic mass is 16.8. The summed E-state index contributed by atoms with van der Waals surface area (Å²) in [6.07, 6.45) is -3.22. The van der Waals surface area contributed by atoms with E-state index in [4.69, 9.17) is 37.9 Å². The first-order valence-corrected chi connectivity index (χ1v) is 21.9. The third kappa shape index (κ3) is 8.59. The third-order valence-corrected chi connectivity index (χ3v) is 15.2. The van der Waals surface area contributed by atoms with Gasteiger partial charge >= 0.3 is 17.9 Å². The van der Waals surface area contributed by atoms with Gasteiger partial charge < -0.3 is 63.4 Å². The van der Waals surface area contributed by atoms with Crippen molar-refractivity contribution in [2.75, 3.05) is 26.9 Å². The smallest absolute Gasteiger partial charge is 0.338 e. The van der Waals surface area contributed by atoms with Crippen LogP contribution in [0.25, 0.3) is 0 Å². The number of carbonyl (C=O) groups excluding carboxylic acids is 3. The molecule has 4 aliphatic carbocycles. The minimum atomic E-state index is -1.66. The SMILES string of the molecule is C/C=C\C(=O)OC[C@@H](C)[C@@]1(O)[C@@H](O[C@H]2OC[C@H](O)[C@H](O[C@@H]3OC[C@@H](O)[C@H](O)[C@H]3OC(=O)c3ccc(OC)cc3)[C@H]2OC(C)=O)CC2C3CC=C4C[C@@H](O)CC[C@]4(C)C3CC[C@@]21C. The Kier molecular flexibility index (Phi) is 13.9. The predicted octanol–water partition coefficient (Wildman–Crippen LogP) is 3.14. The van der Waals surface area contributed by atoms with E-state index in [1.807, 2.05) is 6.92 Å². The number of fused-ring (bicyclic) bond motifs is 5. The summed E-state index contributed by atoms with van der Waals surface area (Å²) >= 11 is 0. The van der Waals surface area contributed by atoms with E-state index in [1.54, 1.807) is 25.1 Å². The lowest BCUT2D eigenvalue weighted by Gasteiger charge is -2.59. The minimum Gasteiger partial charge on any atom is -0.497 e. The van der Waals surface area contributed by atoms with Gasteiger partial charge in [0, 0.05) is 24.3 Å². The van der Waals surface area contributed by atoms with Crippen molar-refractivity contribution in [1.82, 2.24) is 0 Å². The number of aliphatic hydroxyl groups excluding tert-OH is 4. The van der Waals surface area contributed by atoms with Crippen molar-refractivity contribution < 1.29 is 77.8 Å². The zero-order chi connectivity index (χ0) is 44.7.